The minimum absolute atomic E-state index is 0.186. The molecule has 1 fully saturated rings. The molecular formula is C27H31N3O5S. The molecule has 1 aliphatic heterocycles. The number of methoxy groups -OCH3 is 1. The van der Waals surface area contributed by atoms with E-state index in [-0.39, 0.29) is 29.2 Å². The predicted octanol–water partition coefficient (Wildman–Crippen LogP) is 2.87. The van der Waals surface area contributed by atoms with E-state index in [0.717, 1.165) is 16.3 Å². The number of ether oxygens (including phenoxy) is 1. The predicted molar refractivity (Wildman–Crippen MR) is 138 cm³/mol. The average molecular weight is 510 g/mol. The number of para-hydroxylation sites is 1. The third kappa shape index (κ3) is 5.85. The number of amides is 2. The van der Waals surface area contributed by atoms with Crippen molar-refractivity contribution >= 4 is 32.6 Å². The maximum absolute atomic E-state index is 13.2. The van der Waals surface area contributed by atoms with Gasteiger partial charge < -0.3 is 15.4 Å². The van der Waals surface area contributed by atoms with Crippen molar-refractivity contribution in [3.8, 4) is 5.75 Å². The van der Waals surface area contributed by atoms with Gasteiger partial charge in [0.05, 0.1) is 12.0 Å². The van der Waals surface area contributed by atoms with Crippen molar-refractivity contribution < 1.29 is 22.7 Å². The van der Waals surface area contributed by atoms with Crippen molar-refractivity contribution in [3.05, 3.63) is 72.3 Å². The molecule has 1 aliphatic rings. The molecule has 0 radical (unpaired) electrons. The number of hydrogen-bond donors (Lipinski definition) is 2. The van der Waals surface area contributed by atoms with Crippen LogP contribution in [0.5, 0.6) is 5.75 Å². The maximum Gasteiger partial charge on any atom is 0.243 e. The highest BCUT2D eigenvalue weighted by molar-refractivity contribution is 7.89. The number of nitrogens with one attached hydrogen (secondary N) is 2. The molecule has 0 aromatic heterocycles. The Morgan fingerprint density at radius 1 is 1.00 bits per heavy atom. The van der Waals surface area contributed by atoms with E-state index in [9.17, 15) is 18.0 Å². The fourth-order valence-corrected chi connectivity index (χ4v) is 6.07. The highest BCUT2D eigenvalue weighted by Gasteiger charge is 2.31. The molecule has 1 heterocycles. The average Bonchev–Trinajstić information content (AvgIpc) is 2.88. The molecule has 1 saturated heterocycles. The summed E-state index contributed by atoms with van der Waals surface area (Å²) in [7, 11) is -2.07. The van der Waals surface area contributed by atoms with Crippen molar-refractivity contribution in [3.63, 3.8) is 0 Å². The van der Waals surface area contributed by atoms with Crippen molar-refractivity contribution in [2.24, 2.45) is 0 Å². The number of carbonyl (C=O) groups is 2. The number of hydrogen-bond acceptors (Lipinski definition) is 5. The zero-order chi connectivity index (χ0) is 25.7. The van der Waals surface area contributed by atoms with E-state index >= 15 is 0 Å². The molecule has 0 bridgehead atoms. The summed E-state index contributed by atoms with van der Waals surface area (Å²) in [6.45, 7) is 1.98. The van der Waals surface area contributed by atoms with Gasteiger partial charge in [0, 0.05) is 32.5 Å². The van der Waals surface area contributed by atoms with Crippen LogP contribution in [-0.2, 0) is 26.0 Å². The lowest BCUT2D eigenvalue weighted by Crippen LogP contribution is -2.53. The van der Waals surface area contributed by atoms with Crippen LogP contribution in [0.3, 0.4) is 0 Å². The van der Waals surface area contributed by atoms with Crippen LogP contribution >= 0.6 is 0 Å². The number of piperidine rings is 1. The zero-order valence-electron chi connectivity index (χ0n) is 20.4. The Balaban J connectivity index is 1.39. The van der Waals surface area contributed by atoms with Crippen LogP contribution in [0.1, 0.15) is 25.3 Å². The number of rotatable bonds is 8. The third-order valence-corrected chi connectivity index (χ3v) is 8.36. The summed E-state index contributed by atoms with van der Waals surface area (Å²) in [5.74, 6) is 0.0427. The molecule has 36 heavy (non-hydrogen) atoms. The largest absolute Gasteiger partial charge is 0.496 e. The fourth-order valence-electron chi connectivity index (χ4n) is 4.57. The highest BCUT2D eigenvalue weighted by Crippen LogP contribution is 2.25. The van der Waals surface area contributed by atoms with Gasteiger partial charge in [0.2, 0.25) is 21.8 Å². The Hall–Kier alpha value is -3.43. The third-order valence-electron chi connectivity index (χ3n) is 6.47. The van der Waals surface area contributed by atoms with E-state index < -0.39 is 16.1 Å². The second-order valence-electron chi connectivity index (χ2n) is 8.96. The van der Waals surface area contributed by atoms with Gasteiger partial charge in [0.1, 0.15) is 11.8 Å². The molecular weight excluding hydrogens is 478 g/mol. The van der Waals surface area contributed by atoms with Crippen LogP contribution < -0.4 is 15.4 Å². The zero-order valence-corrected chi connectivity index (χ0v) is 21.3. The molecule has 9 heteroatoms. The number of sulfonamides is 1. The van der Waals surface area contributed by atoms with Gasteiger partial charge in [-0.3, -0.25) is 9.59 Å². The second kappa shape index (κ2) is 11.1. The lowest BCUT2D eigenvalue weighted by molar-refractivity contribution is -0.128. The molecule has 2 amide bonds. The van der Waals surface area contributed by atoms with Crippen LogP contribution in [0.15, 0.2) is 71.6 Å². The van der Waals surface area contributed by atoms with Gasteiger partial charge in [0.15, 0.2) is 0 Å². The summed E-state index contributed by atoms with van der Waals surface area (Å²) < 4.78 is 33.3. The van der Waals surface area contributed by atoms with Crippen LogP contribution in [0.2, 0.25) is 0 Å². The first-order valence-electron chi connectivity index (χ1n) is 12.0. The van der Waals surface area contributed by atoms with Gasteiger partial charge in [-0.1, -0.05) is 48.5 Å². The van der Waals surface area contributed by atoms with Crippen molar-refractivity contribution in [1.82, 2.24) is 14.9 Å². The van der Waals surface area contributed by atoms with E-state index in [1.165, 1.54) is 11.2 Å². The van der Waals surface area contributed by atoms with Gasteiger partial charge in [-0.25, -0.2) is 8.42 Å². The SMILES string of the molecule is COc1ccccc1CC(NC(C)=O)C(=O)NC1CCN(S(=O)(=O)c2ccc3ccccc3c2)CC1. The quantitative estimate of drug-likeness (QED) is 0.486. The van der Waals surface area contributed by atoms with E-state index in [4.69, 9.17) is 4.74 Å². The van der Waals surface area contributed by atoms with E-state index in [0.29, 0.717) is 31.7 Å². The first kappa shape index (κ1) is 25.7. The molecule has 1 atom stereocenters. The Labute approximate surface area is 211 Å². The molecule has 0 aliphatic carbocycles. The number of benzene rings is 3. The fraction of sp³-hybridized carbons (Fsp3) is 0.333. The molecule has 8 nitrogen and oxygen atoms in total. The molecule has 0 spiro atoms. The van der Waals surface area contributed by atoms with Crippen molar-refractivity contribution in [2.75, 3.05) is 20.2 Å². The van der Waals surface area contributed by atoms with Crippen LogP contribution in [0, 0.1) is 0 Å². The Bertz CT molecular complexity index is 1350. The van der Waals surface area contributed by atoms with Gasteiger partial charge in [0.25, 0.3) is 0 Å². The molecule has 1 unspecified atom stereocenters. The Kier molecular flexibility index (Phi) is 7.91. The standard InChI is InChI=1S/C27H31N3O5S/c1-19(31)28-25(18-22-9-5-6-10-26(22)35-2)27(32)29-23-13-15-30(16-14-23)36(33,34)24-12-11-20-7-3-4-8-21(20)17-24/h3-12,17,23,25H,13-16,18H2,1-2H3,(H,28,31)(H,29,32). The molecule has 190 valence electrons. The first-order chi connectivity index (χ1) is 17.3. The second-order valence-corrected chi connectivity index (χ2v) is 10.9. The highest BCUT2D eigenvalue weighted by atomic mass is 32.2. The lowest BCUT2D eigenvalue weighted by atomic mass is 10.0. The molecule has 2 N–H and O–H groups in total. The van der Waals surface area contributed by atoms with Crippen molar-refractivity contribution in [1.29, 1.82) is 0 Å². The lowest BCUT2D eigenvalue weighted by Gasteiger charge is -2.32. The summed E-state index contributed by atoms with van der Waals surface area (Å²) in [6, 6.07) is 19.2. The van der Waals surface area contributed by atoms with Crippen molar-refractivity contribution in [2.45, 2.75) is 43.2 Å². The van der Waals surface area contributed by atoms with Crippen LogP contribution in [0.25, 0.3) is 10.8 Å². The van der Waals surface area contributed by atoms with Gasteiger partial charge in [-0.05, 0) is 47.4 Å². The molecule has 3 aromatic carbocycles. The van der Waals surface area contributed by atoms with Gasteiger partial charge in [-0.15, -0.1) is 0 Å². The van der Waals surface area contributed by atoms with Gasteiger partial charge in [-0.2, -0.15) is 4.31 Å². The van der Waals surface area contributed by atoms with E-state index in [2.05, 4.69) is 10.6 Å². The normalized spacial score (nSPS) is 15.8. The minimum Gasteiger partial charge on any atom is -0.496 e. The topological polar surface area (TPSA) is 105 Å². The molecule has 4 rings (SSSR count). The smallest absolute Gasteiger partial charge is 0.243 e. The Morgan fingerprint density at radius 3 is 2.36 bits per heavy atom. The number of nitrogens with zero attached hydrogens (tertiary/aromatic N) is 1. The Morgan fingerprint density at radius 2 is 1.67 bits per heavy atom. The summed E-state index contributed by atoms with van der Waals surface area (Å²) in [5, 5.41) is 7.59. The molecule has 0 saturated carbocycles. The summed E-state index contributed by atoms with van der Waals surface area (Å²) in [6.07, 6.45) is 1.25. The van der Waals surface area contributed by atoms with Gasteiger partial charge >= 0.3 is 0 Å². The number of carbonyl (C=O) groups excluding carboxylic acids is 2. The number of fused-ring (bicyclic) bond motifs is 1. The van der Waals surface area contributed by atoms with Crippen LogP contribution in [0.4, 0.5) is 0 Å². The summed E-state index contributed by atoms with van der Waals surface area (Å²) >= 11 is 0. The van der Waals surface area contributed by atoms with E-state index in [1.54, 1.807) is 19.2 Å². The monoisotopic (exact) mass is 509 g/mol. The first-order valence-corrected chi connectivity index (χ1v) is 13.4. The maximum atomic E-state index is 13.2. The minimum atomic E-state index is -3.64. The summed E-state index contributed by atoms with van der Waals surface area (Å²) in [4.78, 5) is 25.1. The molecule has 3 aromatic rings. The van der Waals surface area contributed by atoms with Crippen LogP contribution in [-0.4, -0.2) is 56.8 Å². The summed E-state index contributed by atoms with van der Waals surface area (Å²) in [5.41, 5.74) is 0.810. The van der Waals surface area contributed by atoms with E-state index in [1.807, 2.05) is 54.6 Å².